The van der Waals surface area contributed by atoms with Crippen LogP contribution in [0.4, 0.5) is 5.69 Å². The van der Waals surface area contributed by atoms with E-state index in [1.165, 1.54) is 36.4 Å². The Morgan fingerprint density at radius 3 is 2.20 bits per heavy atom. The highest BCUT2D eigenvalue weighted by atomic mass is 32.2. The molecule has 0 saturated heterocycles. The summed E-state index contributed by atoms with van der Waals surface area (Å²) in [5.41, 5.74) is -0.563. The van der Waals surface area contributed by atoms with E-state index in [1.807, 2.05) is 0 Å². The van der Waals surface area contributed by atoms with Gasteiger partial charge in [0.2, 0.25) is 0 Å². The maximum atomic E-state index is 12.9. The van der Waals surface area contributed by atoms with E-state index in [9.17, 15) is 23.1 Å². The average molecular weight is 427 g/mol. The monoisotopic (exact) mass is 427 g/mol. The highest BCUT2D eigenvalue weighted by molar-refractivity contribution is 7.92. The van der Waals surface area contributed by atoms with E-state index < -0.39 is 27.4 Å². The van der Waals surface area contributed by atoms with Crippen molar-refractivity contribution in [2.45, 2.75) is 25.7 Å². The molecule has 0 aromatic heterocycles. The summed E-state index contributed by atoms with van der Waals surface area (Å²) in [6.45, 7) is 5.15. The molecule has 0 amide bonds. The van der Waals surface area contributed by atoms with Gasteiger partial charge in [0, 0.05) is 5.39 Å². The summed E-state index contributed by atoms with van der Waals surface area (Å²) in [6.07, 6.45) is 0. The van der Waals surface area contributed by atoms with E-state index in [0.717, 1.165) is 0 Å². The number of carbonyl (C=O) groups excluding carboxylic acids is 1. The Morgan fingerprint density at radius 2 is 1.60 bits per heavy atom. The highest BCUT2D eigenvalue weighted by Gasteiger charge is 2.24. The lowest BCUT2D eigenvalue weighted by Gasteiger charge is -2.16. The summed E-state index contributed by atoms with van der Waals surface area (Å²) in [5, 5.41) is 10.5. The third kappa shape index (κ3) is 4.60. The predicted octanol–water partition coefficient (Wildman–Crippen LogP) is 4.29. The van der Waals surface area contributed by atoms with Crippen LogP contribution in [0.15, 0.2) is 65.6 Å². The minimum absolute atomic E-state index is 0.0316. The molecule has 0 spiro atoms. The molecule has 0 saturated carbocycles. The maximum absolute atomic E-state index is 12.9. The van der Waals surface area contributed by atoms with Gasteiger partial charge in [-0.3, -0.25) is 9.52 Å². The molecule has 0 aliphatic carbocycles. The molecule has 30 heavy (non-hydrogen) atoms. The van der Waals surface area contributed by atoms with E-state index in [4.69, 9.17) is 4.74 Å². The first-order valence-corrected chi connectivity index (χ1v) is 10.6. The van der Waals surface area contributed by atoms with E-state index in [0.29, 0.717) is 10.8 Å². The first-order chi connectivity index (χ1) is 14.0. The molecule has 0 radical (unpaired) electrons. The summed E-state index contributed by atoms with van der Waals surface area (Å²) in [5.74, 6) is -1.37. The van der Waals surface area contributed by atoms with Gasteiger partial charge >= 0.3 is 11.9 Å². The van der Waals surface area contributed by atoms with Crippen LogP contribution in [-0.4, -0.2) is 25.5 Å². The molecular weight excluding hydrogens is 406 g/mol. The number of hydrogen-bond donors (Lipinski definition) is 2. The fraction of sp³-hybridized carbons (Fsp3) is 0.182. The highest BCUT2D eigenvalue weighted by Crippen LogP contribution is 2.28. The fourth-order valence-corrected chi connectivity index (χ4v) is 3.74. The fourth-order valence-electron chi connectivity index (χ4n) is 2.67. The van der Waals surface area contributed by atoms with Crippen molar-refractivity contribution in [2.24, 2.45) is 5.41 Å². The van der Waals surface area contributed by atoms with Crippen LogP contribution in [0.25, 0.3) is 10.8 Å². The summed E-state index contributed by atoms with van der Waals surface area (Å²) in [4.78, 5) is 23.3. The number of fused-ring (bicyclic) bond motifs is 1. The molecular formula is C22H21NO6S. The topological polar surface area (TPSA) is 110 Å². The van der Waals surface area contributed by atoms with Gasteiger partial charge in [-0.2, -0.15) is 0 Å². The summed E-state index contributed by atoms with van der Waals surface area (Å²) >= 11 is 0. The van der Waals surface area contributed by atoms with Gasteiger partial charge in [-0.25, -0.2) is 13.2 Å². The van der Waals surface area contributed by atoms with Gasteiger partial charge in [0.25, 0.3) is 10.0 Å². The lowest BCUT2D eigenvalue weighted by atomic mass is 9.97. The van der Waals surface area contributed by atoms with Crippen LogP contribution in [-0.2, 0) is 14.8 Å². The number of esters is 1. The number of aromatic carboxylic acids is 1. The van der Waals surface area contributed by atoms with E-state index in [2.05, 4.69) is 4.72 Å². The molecule has 3 rings (SSSR count). The molecule has 0 aliphatic rings. The zero-order valence-electron chi connectivity index (χ0n) is 16.7. The normalized spacial score (nSPS) is 11.8. The van der Waals surface area contributed by atoms with Crippen LogP contribution < -0.4 is 9.46 Å². The molecule has 7 nitrogen and oxygen atoms in total. The van der Waals surface area contributed by atoms with Crippen molar-refractivity contribution in [3.05, 3.63) is 66.2 Å². The molecule has 3 aromatic rings. The smallest absolute Gasteiger partial charge is 0.335 e. The minimum atomic E-state index is -4.00. The van der Waals surface area contributed by atoms with Crippen LogP contribution in [0.2, 0.25) is 0 Å². The Morgan fingerprint density at radius 1 is 0.967 bits per heavy atom. The molecule has 0 fully saturated rings. The van der Waals surface area contributed by atoms with Gasteiger partial charge in [-0.1, -0.05) is 24.3 Å². The first kappa shape index (κ1) is 21.3. The van der Waals surface area contributed by atoms with Crippen molar-refractivity contribution in [1.29, 1.82) is 0 Å². The second kappa shape index (κ2) is 7.79. The predicted molar refractivity (Wildman–Crippen MR) is 113 cm³/mol. The SMILES string of the molecule is CC(C)(C)C(=O)Oc1ccc(S(=O)(=O)Nc2cc(C(=O)O)cc3ccccc23)cc1. The van der Waals surface area contributed by atoms with Crippen molar-refractivity contribution in [3.8, 4) is 5.75 Å². The van der Waals surface area contributed by atoms with Crippen LogP contribution in [0.5, 0.6) is 5.75 Å². The van der Waals surface area contributed by atoms with Gasteiger partial charge in [-0.15, -0.1) is 0 Å². The van der Waals surface area contributed by atoms with E-state index in [-0.39, 0.29) is 21.9 Å². The lowest BCUT2D eigenvalue weighted by Crippen LogP contribution is -2.25. The second-order valence-corrected chi connectivity index (χ2v) is 9.45. The number of ether oxygens (including phenoxy) is 1. The largest absolute Gasteiger partial charge is 0.478 e. The van der Waals surface area contributed by atoms with Crippen LogP contribution in [0.3, 0.4) is 0 Å². The van der Waals surface area contributed by atoms with Crippen LogP contribution in [0, 0.1) is 5.41 Å². The van der Waals surface area contributed by atoms with Crippen molar-refractivity contribution in [1.82, 2.24) is 0 Å². The standard InChI is InChI=1S/C22H21NO6S/c1-22(2,3)21(26)29-16-8-10-17(11-9-16)30(27,28)23-19-13-15(20(24)25)12-14-6-4-5-7-18(14)19/h4-13,23H,1-3H3,(H,24,25). The van der Waals surface area contributed by atoms with Crippen molar-refractivity contribution < 1.29 is 27.9 Å². The molecule has 156 valence electrons. The molecule has 8 heteroatoms. The second-order valence-electron chi connectivity index (χ2n) is 7.77. The van der Waals surface area contributed by atoms with Crippen LogP contribution >= 0.6 is 0 Å². The van der Waals surface area contributed by atoms with E-state index in [1.54, 1.807) is 45.0 Å². The van der Waals surface area contributed by atoms with Gasteiger partial charge in [0.15, 0.2) is 0 Å². The molecule has 0 unspecified atom stereocenters. The molecule has 0 atom stereocenters. The Balaban J connectivity index is 1.92. The number of carboxylic acids is 1. The summed E-state index contributed by atoms with van der Waals surface area (Å²) < 4.78 is 33.4. The first-order valence-electron chi connectivity index (χ1n) is 9.09. The number of carbonyl (C=O) groups is 2. The van der Waals surface area contributed by atoms with Gasteiger partial charge < -0.3 is 9.84 Å². The number of rotatable bonds is 5. The minimum Gasteiger partial charge on any atom is -0.478 e. The quantitative estimate of drug-likeness (QED) is 0.464. The number of benzene rings is 3. The number of hydrogen-bond acceptors (Lipinski definition) is 5. The zero-order valence-corrected chi connectivity index (χ0v) is 17.5. The van der Waals surface area contributed by atoms with Gasteiger partial charge in [0.05, 0.1) is 21.6 Å². The molecule has 0 bridgehead atoms. The number of sulfonamides is 1. The number of nitrogens with one attached hydrogen (secondary N) is 1. The third-order valence-electron chi connectivity index (χ3n) is 4.31. The van der Waals surface area contributed by atoms with Crippen LogP contribution in [0.1, 0.15) is 31.1 Å². The van der Waals surface area contributed by atoms with Gasteiger partial charge in [-0.05, 0) is 62.6 Å². The molecule has 0 aliphatic heterocycles. The van der Waals surface area contributed by atoms with E-state index >= 15 is 0 Å². The van der Waals surface area contributed by atoms with Gasteiger partial charge in [0.1, 0.15) is 5.75 Å². The average Bonchev–Trinajstić information content (AvgIpc) is 2.67. The summed E-state index contributed by atoms with van der Waals surface area (Å²) in [6, 6.07) is 15.1. The molecule has 3 aromatic carbocycles. The van der Waals surface area contributed by atoms with Crippen molar-refractivity contribution >= 4 is 38.4 Å². The number of anilines is 1. The number of carboxylic acid groups (broad SMARTS) is 1. The van der Waals surface area contributed by atoms with Crippen molar-refractivity contribution in [2.75, 3.05) is 4.72 Å². The Bertz CT molecular complexity index is 1220. The molecule has 2 N–H and O–H groups in total. The summed E-state index contributed by atoms with van der Waals surface area (Å²) in [7, 11) is -4.00. The zero-order chi connectivity index (χ0) is 22.1. The maximum Gasteiger partial charge on any atom is 0.335 e. The molecule has 0 heterocycles. The van der Waals surface area contributed by atoms with Crippen molar-refractivity contribution in [3.63, 3.8) is 0 Å². The Hall–Kier alpha value is -3.39. The lowest BCUT2D eigenvalue weighted by molar-refractivity contribution is -0.143. The Kier molecular flexibility index (Phi) is 5.54. The third-order valence-corrected chi connectivity index (χ3v) is 5.69. The Labute approximate surface area is 174 Å².